The van der Waals surface area contributed by atoms with E-state index in [1.807, 2.05) is 26.0 Å². The third-order valence-corrected chi connectivity index (χ3v) is 4.20. The van der Waals surface area contributed by atoms with Crippen LogP contribution >= 0.6 is 0 Å². The molecule has 6 heteroatoms. The van der Waals surface area contributed by atoms with Crippen molar-refractivity contribution in [1.29, 1.82) is 5.26 Å². The van der Waals surface area contributed by atoms with Gasteiger partial charge in [-0.3, -0.25) is 9.89 Å². The molecule has 0 saturated carbocycles. The number of hydrogen-bond acceptors (Lipinski definition) is 4. The molecular weight excluding hydrogens is 314 g/mol. The third kappa shape index (κ3) is 2.88. The summed E-state index contributed by atoms with van der Waals surface area (Å²) >= 11 is 0. The number of allylic oxidation sites excluding steroid dienone is 1. The zero-order chi connectivity index (χ0) is 18.1. The van der Waals surface area contributed by atoms with E-state index in [0.29, 0.717) is 22.5 Å². The van der Waals surface area contributed by atoms with Crippen LogP contribution < -0.4 is 5.32 Å². The van der Waals surface area contributed by atoms with Crippen molar-refractivity contribution >= 4 is 28.1 Å². The number of carbonyl (C=O) groups is 1. The number of aromatic nitrogens is 3. The van der Waals surface area contributed by atoms with Crippen molar-refractivity contribution < 1.29 is 4.79 Å². The van der Waals surface area contributed by atoms with Gasteiger partial charge in [-0.1, -0.05) is 6.58 Å². The molecule has 6 nitrogen and oxygen atoms in total. The molecule has 0 bridgehead atoms. The standard InChI is InChI=1S/C19H17N5O/c1-10(2)17-15-7-14(5-6-16(15)23-24-17)22-19(25)18-12(4)11(3)13(8-20)9-21-18/h5-7,9H,1H2,2-4H3,(H,22,25)(H,23,24). The van der Waals surface area contributed by atoms with E-state index >= 15 is 0 Å². The molecule has 2 aromatic heterocycles. The normalized spacial score (nSPS) is 10.5. The number of amides is 1. The molecule has 124 valence electrons. The van der Waals surface area contributed by atoms with Gasteiger partial charge in [0.15, 0.2) is 0 Å². The SMILES string of the molecule is C=C(C)c1n[nH]c2ccc(NC(=O)c3ncc(C#N)c(C)c3C)cc12. The number of pyridine rings is 1. The molecule has 0 unspecified atom stereocenters. The van der Waals surface area contributed by atoms with Crippen molar-refractivity contribution in [2.75, 3.05) is 5.32 Å². The van der Waals surface area contributed by atoms with Crippen LogP contribution in [0.25, 0.3) is 16.5 Å². The predicted octanol–water partition coefficient (Wildman–Crippen LogP) is 3.73. The molecule has 0 radical (unpaired) electrons. The minimum atomic E-state index is -0.315. The first-order valence-electron chi connectivity index (χ1n) is 7.74. The monoisotopic (exact) mass is 331 g/mol. The number of rotatable bonds is 3. The van der Waals surface area contributed by atoms with E-state index in [0.717, 1.165) is 27.7 Å². The molecule has 1 amide bonds. The van der Waals surface area contributed by atoms with Crippen molar-refractivity contribution in [2.45, 2.75) is 20.8 Å². The Morgan fingerprint density at radius 2 is 2.04 bits per heavy atom. The average Bonchev–Trinajstić information content (AvgIpc) is 3.00. The van der Waals surface area contributed by atoms with E-state index in [1.165, 1.54) is 6.20 Å². The maximum absolute atomic E-state index is 12.6. The summed E-state index contributed by atoms with van der Waals surface area (Å²) in [6.45, 7) is 9.40. The predicted molar refractivity (Wildman–Crippen MR) is 97.2 cm³/mol. The lowest BCUT2D eigenvalue weighted by Gasteiger charge is -2.10. The molecule has 0 aliphatic rings. The van der Waals surface area contributed by atoms with Gasteiger partial charge in [0.1, 0.15) is 11.8 Å². The highest BCUT2D eigenvalue weighted by Gasteiger charge is 2.15. The number of hydrogen-bond donors (Lipinski definition) is 2. The lowest BCUT2D eigenvalue weighted by atomic mass is 10.0. The molecule has 0 fully saturated rings. The topological polar surface area (TPSA) is 94.5 Å². The molecule has 2 N–H and O–H groups in total. The van der Waals surface area contributed by atoms with Gasteiger partial charge in [0, 0.05) is 17.3 Å². The summed E-state index contributed by atoms with van der Waals surface area (Å²) in [4.78, 5) is 16.7. The Balaban J connectivity index is 1.95. The van der Waals surface area contributed by atoms with E-state index in [4.69, 9.17) is 5.26 Å². The van der Waals surface area contributed by atoms with Crippen LogP contribution in [0.5, 0.6) is 0 Å². The van der Waals surface area contributed by atoms with E-state index in [1.54, 1.807) is 13.0 Å². The fourth-order valence-electron chi connectivity index (χ4n) is 2.65. The molecule has 0 saturated heterocycles. The molecule has 0 atom stereocenters. The molecular formula is C19H17N5O. The highest BCUT2D eigenvalue weighted by atomic mass is 16.1. The van der Waals surface area contributed by atoms with Crippen molar-refractivity contribution in [1.82, 2.24) is 15.2 Å². The molecule has 0 aliphatic carbocycles. The Morgan fingerprint density at radius 1 is 1.28 bits per heavy atom. The van der Waals surface area contributed by atoms with Crippen molar-refractivity contribution in [3.63, 3.8) is 0 Å². The summed E-state index contributed by atoms with van der Waals surface area (Å²) in [5.74, 6) is -0.315. The lowest BCUT2D eigenvalue weighted by molar-refractivity contribution is 0.102. The highest BCUT2D eigenvalue weighted by Crippen LogP contribution is 2.25. The molecule has 1 aromatic carbocycles. The summed E-state index contributed by atoms with van der Waals surface area (Å²) in [6.07, 6.45) is 1.43. The lowest BCUT2D eigenvalue weighted by Crippen LogP contribution is -2.16. The minimum absolute atomic E-state index is 0.309. The number of nitriles is 1. The van der Waals surface area contributed by atoms with Crippen molar-refractivity contribution in [2.24, 2.45) is 0 Å². The highest BCUT2D eigenvalue weighted by molar-refractivity contribution is 6.05. The number of benzene rings is 1. The van der Waals surface area contributed by atoms with Crippen LogP contribution in [0.4, 0.5) is 5.69 Å². The maximum Gasteiger partial charge on any atom is 0.274 e. The quantitative estimate of drug-likeness (QED) is 0.764. The fraction of sp³-hybridized carbons (Fsp3) is 0.158. The second-order valence-electron chi connectivity index (χ2n) is 5.95. The van der Waals surface area contributed by atoms with Gasteiger partial charge in [-0.05, 0) is 55.7 Å². The number of anilines is 1. The molecule has 3 aromatic rings. The summed E-state index contributed by atoms with van der Waals surface area (Å²) in [7, 11) is 0. The number of fused-ring (bicyclic) bond motifs is 1. The number of nitrogens with one attached hydrogen (secondary N) is 2. The van der Waals surface area contributed by atoms with Gasteiger partial charge in [-0.25, -0.2) is 4.98 Å². The number of carbonyl (C=O) groups excluding carboxylic acids is 1. The Hall–Kier alpha value is -3.46. The van der Waals surface area contributed by atoms with Crippen LogP contribution in [-0.4, -0.2) is 21.1 Å². The van der Waals surface area contributed by atoms with Gasteiger partial charge >= 0.3 is 0 Å². The van der Waals surface area contributed by atoms with Crippen LogP contribution in [0.1, 0.15) is 39.8 Å². The molecule has 0 spiro atoms. The first-order chi connectivity index (χ1) is 11.9. The zero-order valence-corrected chi connectivity index (χ0v) is 14.3. The van der Waals surface area contributed by atoms with Crippen LogP contribution in [0.2, 0.25) is 0 Å². The van der Waals surface area contributed by atoms with E-state index in [9.17, 15) is 4.79 Å². The van der Waals surface area contributed by atoms with Crippen LogP contribution in [-0.2, 0) is 0 Å². The van der Waals surface area contributed by atoms with Gasteiger partial charge < -0.3 is 5.32 Å². The second-order valence-corrected chi connectivity index (χ2v) is 5.95. The first kappa shape index (κ1) is 16.4. The Bertz CT molecular complexity index is 1060. The van der Waals surface area contributed by atoms with Crippen LogP contribution in [0.15, 0.2) is 31.0 Å². The van der Waals surface area contributed by atoms with Crippen LogP contribution in [0, 0.1) is 25.2 Å². The average molecular weight is 331 g/mol. The number of aromatic amines is 1. The second kappa shape index (κ2) is 6.21. The maximum atomic E-state index is 12.6. The largest absolute Gasteiger partial charge is 0.321 e. The number of nitrogens with zero attached hydrogens (tertiary/aromatic N) is 3. The minimum Gasteiger partial charge on any atom is -0.321 e. The van der Waals surface area contributed by atoms with Gasteiger partial charge in [0.25, 0.3) is 5.91 Å². The first-order valence-corrected chi connectivity index (χ1v) is 7.74. The molecule has 2 heterocycles. The van der Waals surface area contributed by atoms with Crippen molar-refractivity contribution in [3.05, 3.63) is 59.1 Å². The fourth-order valence-corrected chi connectivity index (χ4v) is 2.65. The summed E-state index contributed by atoms with van der Waals surface area (Å²) in [6, 6.07) is 7.58. The van der Waals surface area contributed by atoms with Crippen molar-refractivity contribution in [3.8, 4) is 6.07 Å². The van der Waals surface area contributed by atoms with Gasteiger partial charge in [-0.15, -0.1) is 0 Å². The van der Waals surface area contributed by atoms with Gasteiger partial charge in [0.2, 0.25) is 0 Å². The van der Waals surface area contributed by atoms with E-state index < -0.39 is 0 Å². The Kier molecular flexibility index (Phi) is 4.07. The molecule has 3 rings (SSSR count). The zero-order valence-electron chi connectivity index (χ0n) is 14.3. The van der Waals surface area contributed by atoms with Gasteiger partial charge in [0.05, 0.1) is 16.8 Å². The van der Waals surface area contributed by atoms with E-state index in [2.05, 4.69) is 33.1 Å². The Labute approximate surface area is 145 Å². The summed E-state index contributed by atoms with van der Waals surface area (Å²) in [5, 5.41) is 20.0. The third-order valence-electron chi connectivity index (χ3n) is 4.20. The Morgan fingerprint density at radius 3 is 2.72 bits per heavy atom. The smallest absolute Gasteiger partial charge is 0.274 e. The van der Waals surface area contributed by atoms with E-state index in [-0.39, 0.29) is 5.91 Å². The summed E-state index contributed by atoms with van der Waals surface area (Å²) < 4.78 is 0. The number of H-pyrrole nitrogens is 1. The summed E-state index contributed by atoms with van der Waals surface area (Å²) in [5.41, 5.74) is 5.37. The van der Waals surface area contributed by atoms with Gasteiger partial charge in [-0.2, -0.15) is 10.4 Å². The molecule has 25 heavy (non-hydrogen) atoms. The van der Waals surface area contributed by atoms with Crippen LogP contribution in [0.3, 0.4) is 0 Å². The molecule has 0 aliphatic heterocycles.